The van der Waals surface area contributed by atoms with Gasteiger partial charge in [-0.2, -0.15) is 0 Å². The van der Waals surface area contributed by atoms with Crippen molar-refractivity contribution >= 4 is 27.3 Å². The SMILES string of the molecule is CCC1CC(CC)C2(ON=C(c3cc4cccc(F)c4s3)N2Cc2ccc(OC)cc2OC)C(CC)C1. The molecule has 1 saturated carbocycles. The Morgan fingerprint density at radius 2 is 1.78 bits per heavy atom. The van der Waals surface area contributed by atoms with Crippen LogP contribution in [0.2, 0.25) is 0 Å². The molecule has 1 fully saturated rings. The highest BCUT2D eigenvalue weighted by Crippen LogP contribution is 2.53. The van der Waals surface area contributed by atoms with Gasteiger partial charge in [0.2, 0.25) is 5.72 Å². The second-order valence-electron chi connectivity index (χ2n) is 10.2. The standard InChI is InChI=1S/C30H37FN2O3S/c1-6-19-14-22(7-2)30(23(8-3)15-19)33(18-21-12-13-24(34-4)17-26(21)35-5)29(32-36-30)27-16-20-10-9-11-25(31)28(20)37-27/h9-13,16-17,19,22-23H,6-8,14-15,18H2,1-5H3. The van der Waals surface area contributed by atoms with Gasteiger partial charge in [0.25, 0.3) is 0 Å². The Morgan fingerprint density at radius 3 is 2.41 bits per heavy atom. The molecule has 37 heavy (non-hydrogen) atoms. The second-order valence-corrected chi connectivity index (χ2v) is 11.3. The molecular weight excluding hydrogens is 487 g/mol. The van der Waals surface area contributed by atoms with Gasteiger partial charge in [-0.1, -0.05) is 44.5 Å². The van der Waals surface area contributed by atoms with Crippen LogP contribution in [0.3, 0.4) is 0 Å². The Hall–Kier alpha value is -2.80. The van der Waals surface area contributed by atoms with Crippen molar-refractivity contribution in [2.75, 3.05) is 14.2 Å². The molecule has 3 aromatic rings. The van der Waals surface area contributed by atoms with E-state index in [0.29, 0.717) is 29.0 Å². The number of benzene rings is 2. The zero-order valence-electron chi connectivity index (χ0n) is 22.4. The monoisotopic (exact) mass is 524 g/mol. The summed E-state index contributed by atoms with van der Waals surface area (Å²) >= 11 is 1.44. The van der Waals surface area contributed by atoms with Crippen molar-refractivity contribution < 1.29 is 18.7 Å². The van der Waals surface area contributed by atoms with Gasteiger partial charge in [0, 0.05) is 23.5 Å². The second kappa shape index (κ2) is 10.5. The summed E-state index contributed by atoms with van der Waals surface area (Å²) in [5, 5.41) is 5.68. The van der Waals surface area contributed by atoms with E-state index in [-0.39, 0.29) is 5.82 Å². The number of halogens is 1. The smallest absolute Gasteiger partial charge is 0.217 e. The van der Waals surface area contributed by atoms with E-state index in [0.717, 1.165) is 58.8 Å². The number of thiophene rings is 1. The minimum Gasteiger partial charge on any atom is -0.497 e. The third kappa shape index (κ3) is 4.35. The molecule has 0 amide bonds. The van der Waals surface area contributed by atoms with Crippen molar-refractivity contribution in [2.45, 2.75) is 65.1 Å². The predicted molar refractivity (Wildman–Crippen MR) is 148 cm³/mol. The first-order valence-corrected chi connectivity index (χ1v) is 14.2. The summed E-state index contributed by atoms with van der Waals surface area (Å²) in [5.74, 6) is 3.44. The van der Waals surface area contributed by atoms with E-state index in [1.165, 1.54) is 23.8 Å². The molecule has 2 aromatic carbocycles. The molecule has 1 aliphatic carbocycles. The molecular formula is C30H37FN2O3S. The molecule has 0 radical (unpaired) electrons. The molecule has 1 aliphatic heterocycles. The largest absolute Gasteiger partial charge is 0.497 e. The minimum absolute atomic E-state index is 0.201. The number of ether oxygens (including phenoxy) is 2. The fourth-order valence-electron chi connectivity index (χ4n) is 6.46. The van der Waals surface area contributed by atoms with Gasteiger partial charge >= 0.3 is 0 Å². The lowest BCUT2D eigenvalue weighted by atomic mass is 9.65. The van der Waals surface area contributed by atoms with Crippen molar-refractivity contribution in [1.29, 1.82) is 0 Å². The molecule has 0 saturated heterocycles. The number of amidine groups is 1. The summed E-state index contributed by atoms with van der Waals surface area (Å²) in [6, 6.07) is 13.2. The summed E-state index contributed by atoms with van der Waals surface area (Å²) in [5.41, 5.74) is 0.486. The topological polar surface area (TPSA) is 43.3 Å². The number of oxime groups is 1. The molecule has 7 heteroatoms. The Morgan fingerprint density at radius 1 is 1.03 bits per heavy atom. The number of methoxy groups -OCH3 is 2. The Balaban J connectivity index is 1.63. The quantitative estimate of drug-likeness (QED) is 0.301. The highest BCUT2D eigenvalue weighted by atomic mass is 32.1. The molecule has 2 unspecified atom stereocenters. The van der Waals surface area contributed by atoms with Crippen LogP contribution in [-0.4, -0.2) is 30.7 Å². The Kier molecular flexibility index (Phi) is 7.35. The van der Waals surface area contributed by atoms with Gasteiger partial charge in [-0.05, 0) is 61.3 Å². The van der Waals surface area contributed by atoms with E-state index in [1.54, 1.807) is 20.3 Å². The van der Waals surface area contributed by atoms with Crippen molar-refractivity contribution in [2.24, 2.45) is 22.9 Å². The molecule has 0 bridgehead atoms. The Bertz CT molecular complexity index is 1280. The molecule has 5 nitrogen and oxygen atoms in total. The highest BCUT2D eigenvalue weighted by Gasteiger charge is 2.59. The maximum Gasteiger partial charge on any atom is 0.217 e. The van der Waals surface area contributed by atoms with E-state index in [4.69, 9.17) is 19.5 Å². The summed E-state index contributed by atoms with van der Waals surface area (Å²) < 4.78 is 26.5. The molecule has 1 spiro atoms. The van der Waals surface area contributed by atoms with Crippen LogP contribution in [0.1, 0.15) is 63.3 Å². The maximum absolute atomic E-state index is 14.7. The van der Waals surface area contributed by atoms with E-state index >= 15 is 0 Å². The van der Waals surface area contributed by atoms with E-state index < -0.39 is 5.72 Å². The lowest BCUT2D eigenvalue weighted by molar-refractivity contribution is -0.206. The van der Waals surface area contributed by atoms with Gasteiger partial charge in [0.1, 0.15) is 17.3 Å². The van der Waals surface area contributed by atoms with Gasteiger partial charge in [-0.25, -0.2) is 4.39 Å². The van der Waals surface area contributed by atoms with E-state index in [2.05, 4.69) is 31.7 Å². The van der Waals surface area contributed by atoms with Crippen molar-refractivity contribution in [1.82, 2.24) is 4.90 Å². The molecule has 5 rings (SSSR count). The van der Waals surface area contributed by atoms with Gasteiger partial charge in [-0.3, -0.25) is 0 Å². The van der Waals surface area contributed by atoms with Crippen LogP contribution < -0.4 is 9.47 Å². The first kappa shape index (κ1) is 25.8. The van der Waals surface area contributed by atoms with Crippen molar-refractivity contribution in [3.63, 3.8) is 0 Å². The number of rotatable bonds is 8. The van der Waals surface area contributed by atoms with Crippen LogP contribution in [0.4, 0.5) is 4.39 Å². The minimum atomic E-state index is -0.551. The third-order valence-electron chi connectivity index (χ3n) is 8.46. The van der Waals surface area contributed by atoms with Crippen LogP contribution in [0.25, 0.3) is 10.1 Å². The van der Waals surface area contributed by atoms with E-state index in [1.807, 2.05) is 24.3 Å². The lowest BCUT2D eigenvalue weighted by Crippen LogP contribution is -2.60. The van der Waals surface area contributed by atoms with Crippen molar-refractivity contribution in [3.05, 3.63) is 58.7 Å². The molecule has 2 atom stereocenters. The van der Waals surface area contributed by atoms with E-state index in [9.17, 15) is 4.39 Å². The van der Waals surface area contributed by atoms with Crippen LogP contribution in [-0.2, 0) is 11.4 Å². The van der Waals surface area contributed by atoms with Gasteiger partial charge in [0.05, 0.1) is 30.3 Å². The number of hydrogen-bond acceptors (Lipinski definition) is 6. The molecule has 2 heterocycles. The average molecular weight is 525 g/mol. The predicted octanol–water partition coefficient (Wildman–Crippen LogP) is 7.82. The lowest BCUT2D eigenvalue weighted by Gasteiger charge is -2.52. The highest BCUT2D eigenvalue weighted by molar-refractivity contribution is 7.20. The average Bonchev–Trinajstić information content (AvgIpc) is 3.52. The zero-order valence-corrected chi connectivity index (χ0v) is 23.2. The van der Waals surface area contributed by atoms with Gasteiger partial charge in [0.15, 0.2) is 5.84 Å². The van der Waals surface area contributed by atoms with Crippen LogP contribution in [0, 0.1) is 23.6 Å². The van der Waals surface area contributed by atoms with Crippen LogP contribution >= 0.6 is 11.3 Å². The summed E-state index contributed by atoms with van der Waals surface area (Å²) in [4.78, 5) is 9.93. The van der Waals surface area contributed by atoms with Crippen LogP contribution in [0.5, 0.6) is 11.5 Å². The van der Waals surface area contributed by atoms with Crippen LogP contribution in [0.15, 0.2) is 47.6 Å². The number of fused-ring (bicyclic) bond motifs is 1. The fraction of sp³-hybridized carbons (Fsp3) is 0.500. The molecule has 0 N–H and O–H groups in total. The first-order valence-electron chi connectivity index (χ1n) is 13.4. The third-order valence-corrected chi connectivity index (χ3v) is 9.62. The normalized spacial score (nSPS) is 25.4. The molecule has 1 aromatic heterocycles. The maximum atomic E-state index is 14.7. The van der Waals surface area contributed by atoms with Gasteiger partial charge in [-0.15, -0.1) is 11.3 Å². The zero-order chi connectivity index (χ0) is 26.2. The van der Waals surface area contributed by atoms with Crippen molar-refractivity contribution in [3.8, 4) is 11.5 Å². The Labute approximate surface area is 223 Å². The summed E-state index contributed by atoms with van der Waals surface area (Å²) in [6.07, 6.45) is 5.42. The fourth-order valence-corrected chi connectivity index (χ4v) is 7.52. The number of hydrogen-bond donors (Lipinski definition) is 0. The van der Waals surface area contributed by atoms with Gasteiger partial charge < -0.3 is 19.2 Å². The number of nitrogens with zero attached hydrogens (tertiary/aromatic N) is 2. The molecule has 198 valence electrons. The first-order chi connectivity index (χ1) is 18.0. The molecule has 2 aliphatic rings. The summed E-state index contributed by atoms with van der Waals surface area (Å²) in [6.45, 7) is 7.40. The summed E-state index contributed by atoms with van der Waals surface area (Å²) in [7, 11) is 3.35.